The molecule has 0 aromatic carbocycles. The van der Waals surface area contributed by atoms with Crippen molar-refractivity contribution in [3.8, 4) is 0 Å². The van der Waals surface area contributed by atoms with Crippen molar-refractivity contribution in [2.45, 2.75) is 18.9 Å². The Hall–Kier alpha value is -0.310. The van der Waals surface area contributed by atoms with Gasteiger partial charge in [0.2, 0.25) is 0 Å². The van der Waals surface area contributed by atoms with E-state index >= 15 is 0 Å². The minimum atomic E-state index is 0. The molecule has 0 amide bonds. The van der Waals surface area contributed by atoms with Crippen LogP contribution in [0.3, 0.4) is 0 Å². The molecular formula is C9H12Cl2N2. The van der Waals surface area contributed by atoms with Gasteiger partial charge in [-0.2, -0.15) is 0 Å². The molecule has 0 aliphatic heterocycles. The molecule has 72 valence electrons. The van der Waals surface area contributed by atoms with Crippen LogP contribution in [-0.4, -0.2) is 4.98 Å². The highest BCUT2D eigenvalue weighted by atomic mass is 35.5. The molecule has 1 heterocycles. The number of nitrogens with two attached hydrogens (primary N) is 1. The zero-order valence-corrected chi connectivity index (χ0v) is 8.68. The van der Waals surface area contributed by atoms with Crippen LogP contribution < -0.4 is 5.73 Å². The van der Waals surface area contributed by atoms with Crippen LogP contribution in [0.25, 0.3) is 0 Å². The Labute approximate surface area is 88.9 Å². The number of hydrogen-bond acceptors (Lipinski definition) is 2. The molecule has 4 heteroatoms. The van der Waals surface area contributed by atoms with E-state index in [1.54, 1.807) is 6.20 Å². The molecule has 1 fully saturated rings. The van der Waals surface area contributed by atoms with Crippen LogP contribution in [0.15, 0.2) is 18.3 Å². The number of halogens is 2. The number of rotatable bonds is 2. The summed E-state index contributed by atoms with van der Waals surface area (Å²) < 4.78 is 0. The average molecular weight is 219 g/mol. The summed E-state index contributed by atoms with van der Waals surface area (Å²) in [5, 5.41) is 0.553. The molecule has 2 rings (SSSR count). The third-order valence-electron chi connectivity index (χ3n) is 2.28. The smallest absolute Gasteiger partial charge is 0.133 e. The maximum Gasteiger partial charge on any atom is 0.133 e. The number of hydrogen-bond donors (Lipinski definition) is 1. The van der Waals surface area contributed by atoms with Crippen LogP contribution in [0.4, 0.5) is 0 Å². The lowest BCUT2D eigenvalue weighted by atomic mass is 10.1. The largest absolute Gasteiger partial charge is 0.324 e. The average Bonchev–Trinajstić information content (AvgIpc) is 2.86. The van der Waals surface area contributed by atoms with E-state index < -0.39 is 0 Å². The topological polar surface area (TPSA) is 38.9 Å². The molecule has 1 aromatic heterocycles. The Kier molecular flexibility index (Phi) is 3.54. The van der Waals surface area contributed by atoms with Crippen molar-refractivity contribution < 1.29 is 0 Å². The SMILES string of the molecule is Cl.N[C@@H](c1cccnc1Cl)C1CC1. The van der Waals surface area contributed by atoms with Gasteiger partial charge in [-0.05, 0) is 24.8 Å². The van der Waals surface area contributed by atoms with E-state index in [-0.39, 0.29) is 18.4 Å². The van der Waals surface area contributed by atoms with Gasteiger partial charge >= 0.3 is 0 Å². The van der Waals surface area contributed by atoms with E-state index in [2.05, 4.69) is 4.98 Å². The van der Waals surface area contributed by atoms with Crippen molar-refractivity contribution in [1.29, 1.82) is 0 Å². The van der Waals surface area contributed by atoms with E-state index in [1.807, 2.05) is 12.1 Å². The van der Waals surface area contributed by atoms with Crippen molar-refractivity contribution in [3.05, 3.63) is 29.0 Å². The second-order valence-electron chi connectivity index (χ2n) is 3.25. The lowest BCUT2D eigenvalue weighted by Crippen LogP contribution is -2.13. The first-order chi connectivity index (χ1) is 5.79. The normalized spacial score (nSPS) is 17.7. The van der Waals surface area contributed by atoms with Crippen LogP contribution in [0.1, 0.15) is 24.4 Å². The summed E-state index contributed by atoms with van der Waals surface area (Å²) in [5.41, 5.74) is 6.96. The Morgan fingerprint density at radius 3 is 2.77 bits per heavy atom. The molecule has 1 aliphatic carbocycles. The molecule has 1 saturated carbocycles. The van der Waals surface area contributed by atoms with Gasteiger partial charge in [0.15, 0.2) is 0 Å². The number of nitrogens with zero attached hydrogens (tertiary/aromatic N) is 1. The van der Waals surface area contributed by atoms with Gasteiger partial charge < -0.3 is 5.73 Å². The fraction of sp³-hybridized carbons (Fsp3) is 0.444. The first kappa shape index (κ1) is 10.8. The molecule has 0 unspecified atom stereocenters. The summed E-state index contributed by atoms with van der Waals surface area (Å²) in [4.78, 5) is 4.00. The molecule has 0 spiro atoms. The third-order valence-corrected chi connectivity index (χ3v) is 2.59. The molecule has 1 aromatic rings. The lowest BCUT2D eigenvalue weighted by Gasteiger charge is -2.10. The first-order valence-corrected chi connectivity index (χ1v) is 4.53. The second-order valence-corrected chi connectivity index (χ2v) is 3.60. The molecular weight excluding hydrogens is 207 g/mol. The summed E-state index contributed by atoms with van der Waals surface area (Å²) in [6, 6.07) is 3.92. The van der Waals surface area contributed by atoms with E-state index in [0.717, 1.165) is 5.56 Å². The van der Waals surface area contributed by atoms with E-state index in [0.29, 0.717) is 11.1 Å². The predicted molar refractivity (Wildman–Crippen MR) is 56.1 cm³/mol. The minimum Gasteiger partial charge on any atom is -0.324 e. The highest BCUT2D eigenvalue weighted by Crippen LogP contribution is 2.40. The van der Waals surface area contributed by atoms with Crippen molar-refractivity contribution in [2.24, 2.45) is 11.7 Å². The number of aromatic nitrogens is 1. The highest BCUT2D eigenvalue weighted by molar-refractivity contribution is 6.30. The highest BCUT2D eigenvalue weighted by Gasteiger charge is 2.30. The van der Waals surface area contributed by atoms with Crippen molar-refractivity contribution in [1.82, 2.24) is 4.98 Å². The second kappa shape index (κ2) is 4.27. The Morgan fingerprint density at radius 1 is 1.54 bits per heavy atom. The molecule has 1 atom stereocenters. The van der Waals surface area contributed by atoms with Gasteiger partial charge in [-0.1, -0.05) is 17.7 Å². The van der Waals surface area contributed by atoms with Gasteiger partial charge in [0.05, 0.1) is 0 Å². The van der Waals surface area contributed by atoms with Crippen molar-refractivity contribution >= 4 is 24.0 Å². The summed E-state index contributed by atoms with van der Waals surface area (Å²) >= 11 is 5.90. The molecule has 2 nitrogen and oxygen atoms in total. The zero-order valence-electron chi connectivity index (χ0n) is 7.11. The van der Waals surface area contributed by atoms with Gasteiger partial charge in [0, 0.05) is 17.8 Å². The van der Waals surface area contributed by atoms with E-state index in [9.17, 15) is 0 Å². The predicted octanol–water partition coefficient (Wildman–Crippen LogP) is 2.57. The fourth-order valence-electron chi connectivity index (χ4n) is 1.36. The Bertz CT molecular complexity index is 287. The van der Waals surface area contributed by atoms with Gasteiger partial charge in [-0.15, -0.1) is 12.4 Å². The minimum absolute atomic E-state index is 0. The van der Waals surface area contributed by atoms with Crippen molar-refractivity contribution in [2.75, 3.05) is 0 Å². The summed E-state index contributed by atoms with van der Waals surface area (Å²) in [6.45, 7) is 0. The molecule has 0 bridgehead atoms. The van der Waals surface area contributed by atoms with Crippen LogP contribution in [-0.2, 0) is 0 Å². The molecule has 0 radical (unpaired) electrons. The monoisotopic (exact) mass is 218 g/mol. The van der Waals surface area contributed by atoms with Crippen molar-refractivity contribution in [3.63, 3.8) is 0 Å². The fourth-order valence-corrected chi connectivity index (χ4v) is 1.60. The summed E-state index contributed by atoms with van der Waals surface area (Å²) in [6.07, 6.45) is 4.14. The zero-order chi connectivity index (χ0) is 8.55. The van der Waals surface area contributed by atoms with Crippen LogP contribution in [0, 0.1) is 5.92 Å². The van der Waals surface area contributed by atoms with Gasteiger partial charge in [0.1, 0.15) is 5.15 Å². The van der Waals surface area contributed by atoms with Gasteiger partial charge in [-0.25, -0.2) is 4.98 Å². The molecule has 1 aliphatic rings. The maximum atomic E-state index is 5.98. The van der Waals surface area contributed by atoms with E-state index in [4.69, 9.17) is 17.3 Å². The molecule has 0 saturated heterocycles. The Morgan fingerprint density at radius 2 is 2.23 bits per heavy atom. The van der Waals surface area contributed by atoms with E-state index in [1.165, 1.54) is 12.8 Å². The lowest BCUT2D eigenvalue weighted by molar-refractivity contribution is 0.631. The summed E-state index contributed by atoms with van der Waals surface area (Å²) in [5.74, 6) is 0.631. The van der Waals surface area contributed by atoms with Crippen LogP contribution >= 0.6 is 24.0 Å². The Balaban J connectivity index is 0.000000845. The van der Waals surface area contributed by atoms with Gasteiger partial charge in [0.25, 0.3) is 0 Å². The third kappa shape index (κ3) is 2.33. The quantitative estimate of drug-likeness (QED) is 0.776. The van der Waals surface area contributed by atoms with Gasteiger partial charge in [-0.3, -0.25) is 0 Å². The standard InChI is InChI=1S/C9H11ClN2.ClH/c10-9-7(2-1-5-12-9)8(11)6-3-4-6;/h1-2,5-6,8H,3-4,11H2;1H/t8-;/m1./s1. The number of pyridine rings is 1. The first-order valence-electron chi connectivity index (χ1n) is 4.15. The maximum absolute atomic E-state index is 5.98. The van der Waals surface area contributed by atoms with Crippen LogP contribution in [0.5, 0.6) is 0 Å². The molecule has 13 heavy (non-hydrogen) atoms. The summed E-state index contributed by atoms with van der Waals surface area (Å²) in [7, 11) is 0. The van der Waals surface area contributed by atoms with Crippen LogP contribution in [0.2, 0.25) is 5.15 Å². The molecule has 2 N–H and O–H groups in total.